The number of halogens is 5. The maximum Gasteiger partial charge on any atom is 0.418 e. The highest BCUT2D eigenvalue weighted by molar-refractivity contribution is 6.07. The van der Waals surface area contributed by atoms with Crippen LogP contribution in [0.4, 0.5) is 32.4 Å². The number of amides is 3. The molecule has 1 aliphatic heterocycles. The summed E-state index contributed by atoms with van der Waals surface area (Å²) < 4.78 is 69.9. The molecule has 164 valence electrons. The molecular weight excluding hydrogens is 425 g/mol. The molecule has 3 N–H and O–H groups in total. The molecule has 0 saturated carbocycles. The summed E-state index contributed by atoms with van der Waals surface area (Å²) in [5.74, 6) is -1.25. The second kappa shape index (κ2) is 8.62. The number of rotatable bonds is 5. The van der Waals surface area contributed by atoms with E-state index >= 15 is 0 Å². The third kappa shape index (κ3) is 4.93. The zero-order valence-corrected chi connectivity index (χ0v) is 15.9. The summed E-state index contributed by atoms with van der Waals surface area (Å²) in [5.41, 5.74) is -1.64. The Labute approximate surface area is 173 Å². The summed E-state index contributed by atoms with van der Waals surface area (Å²) in [4.78, 5) is 24.9. The van der Waals surface area contributed by atoms with Crippen LogP contribution in [0.5, 0.6) is 5.75 Å². The molecule has 0 spiro atoms. The predicted octanol–water partition coefficient (Wildman–Crippen LogP) is 4.57. The average Bonchev–Trinajstić information content (AvgIpc) is 2.66. The number of nitrogens with one attached hydrogen (secondary N) is 3. The van der Waals surface area contributed by atoms with E-state index in [1.165, 1.54) is 43.3 Å². The van der Waals surface area contributed by atoms with E-state index in [-0.39, 0.29) is 22.6 Å². The minimum absolute atomic E-state index is 0.0336. The number of carbonyl (C=O) groups is 2. The lowest BCUT2D eigenvalue weighted by atomic mass is 9.94. The number of hydrogen-bond acceptors (Lipinski definition) is 3. The molecule has 0 saturated heterocycles. The Morgan fingerprint density at radius 1 is 1.10 bits per heavy atom. The van der Waals surface area contributed by atoms with Gasteiger partial charge in [-0.2, -0.15) is 22.0 Å². The number of allylic oxidation sites excluding steroid dienone is 1. The van der Waals surface area contributed by atoms with E-state index in [2.05, 4.69) is 20.7 Å². The Morgan fingerprint density at radius 2 is 1.74 bits per heavy atom. The van der Waals surface area contributed by atoms with Crippen LogP contribution in [0.2, 0.25) is 0 Å². The number of anilines is 1. The van der Waals surface area contributed by atoms with Crippen LogP contribution in [-0.2, 0) is 11.0 Å². The van der Waals surface area contributed by atoms with E-state index < -0.39 is 42.0 Å². The molecular formula is C20H16F5N3O3. The fourth-order valence-electron chi connectivity index (χ4n) is 3.18. The maximum absolute atomic E-state index is 13.3. The molecule has 1 aliphatic rings. The molecule has 3 amide bonds. The number of benzene rings is 2. The molecule has 0 radical (unpaired) electrons. The zero-order valence-electron chi connectivity index (χ0n) is 15.9. The summed E-state index contributed by atoms with van der Waals surface area (Å²) in [6.07, 6.45) is -4.72. The number of urea groups is 1. The molecule has 0 unspecified atom stereocenters. The van der Waals surface area contributed by atoms with Crippen molar-refractivity contribution in [2.75, 3.05) is 5.32 Å². The molecule has 1 atom stereocenters. The quantitative estimate of drug-likeness (QED) is 0.595. The Morgan fingerprint density at radius 3 is 2.42 bits per heavy atom. The van der Waals surface area contributed by atoms with Crippen LogP contribution in [0.1, 0.15) is 24.1 Å². The van der Waals surface area contributed by atoms with Gasteiger partial charge in [-0.15, -0.1) is 0 Å². The van der Waals surface area contributed by atoms with Gasteiger partial charge in [0, 0.05) is 11.3 Å². The standard InChI is InChI=1S/C20H16F5N3O3/c1-10-15(17(29)27-13-8-4-3-7-12(13)20(23,24)25)16(28-19(30)26-10)11-6-2-5-9-14(11)31-18(21)22/h2-9,16,18H,1H3,(H,27,29)(H2,26,28,30)/t16-/m0/s1. The second-order valence-electron chi connectivity index (χ2n) is 6.48. The Bertz CT molecular complexity index is 1040. The minimum Gasteiger partial charge on any atom is -0.434 e. The summed E-state index contributed by atoms with van der Waals surface area (Å²) in [5, 5.41) is 6.98. The molecule has 0 aromatic heterocycles. The molecule has 11 heteroatoms. The summed E-state index contributed by atoms with van der Waals surface area (Å²) in [6, 6.07) is 7.88. The van der Waals surface area contributed by atoms with Gasteiger partial charge in [0.2, 0.25) is 0 Å². The normalized spacial score (nSPS) is 16.6. The fourth-order valence-corrected chi connectivity index (χ4v) is 3.18. The number of carbonyl (C=O) groups excluding carboxylic acids is 2. The minimum atomic E-state index is -4.72. The molecule has 6 nitrogen and oxygen atoms in total. The Balaban J connectivity index is 2.02. The van der Waals surface area contributed by atoms with Crippen LogP contribution < -0.4 is 20.7 Å². The average molecular weight is 441 g/mol. The fraction of sp³-hybridized carbons (Fsp3) is 0.200. The first kappa shape index (κ1) is 22.1. The second-order valence-corrected chi connectivity index (χ2v) is 6.48. The molecule has 0 aliphatic carbocycles. The summed E-state index contributed by atoms with van der Waals surface area (Å²) in [7, 11) is 0. The molecule has 1 heterocycles. The Hall–Kier alpha value is -3.63. The number of hydrogen-bond donors (Lipinski definition) is 3. The molecule has 0 bridgehead atoms. The van der Waals surface area contributed by atoms with Crippen molar-refractivity contribution in [2.24, 2.45) is 0 Å². The molecule has 0 fully saturated rings. The molecule has 2 aromatic rings. The van der Waals surface area contributed by atoms with E-state index in [1.807, 2.05) is 0 Å². The van der Waals surface area contributed by atoms with Gasteiger partial charge in [0.1, 0.15) is 5.75 Å². The molecule has 31 heavy (non-hydrogen) atoms. The number of alkyl halides is 5. The lowest BCUT2D eigenvalue weighted by Gasteiger charge is -2.30. The van der Waals surface area contributed by atoms with E-state index in [4.69, 9.17) is 0 Å². The predicted molar refractivity (Wildman–Crippen MR) is 100 cm³/mol. The highest BCUT2D eigenvalue weighted by atomic mass is 19.4. The van der Waals surface area contributed by atoms with Crippen molar-refractivity contribution in [1.82, 2.24) is 10.6 Å². The summed E-state index contributed by atoms with van der Waals surface area (Å²) in [6.45, 7) is -1.80. The number of ether oxygens (including phenoxy) is 1. The largest absolute Gasteiger partial charge is 0.434 e. The van der Waals surface area contributed by atoms with Gasteiger partial charge in [-0.3, -0.25) is 4.79 Å². The zero-order chi connectivity index (χ0) is 22.8. The SMILES string of the molecule is CC1=C(C(=O)Nc2ccccc2C(F)(F)F)[C@H](c2ccccc2OC(F)F)NC(=O)N1. The van der Waals surface area contributed by atoms with Gasteiger partial charge in [0.05, 0.1) is 22.9 Å². The number of para-hydroxylation sites is 2. The van der Waals surface area contributed by atoms with Gasteiger partial charge in [-0.1, -0.05) is 30.3 Å². The Kier molecular flexibility index (Phi) is 6.14. The van der Waals surface area contributed by atoms with Crippen molar-refractivity contribution in [3.8, 4) is 5.75 Å². The summed E-state index contributed by atoms with van der Waals surface area (Å²) >= 11 is 0. The van der Waals surface area contributed by atoms with Crippen molar-refractivity contribution in [1.29, 1.82) is 0 Å². The van der Waals surface area contributed by atoms with Crippen LogP contribution in [-0.4, -0.2) is 18.5 Å². The first-order chi connectivity index (χ1) is 14.6. The van der Waals surface area contributed by atoms with Crippen molar-refractivity contribution in [3.63, 3.8) is 0 Å². The van der Waals surface area contributed by atoms with Crippen LogP contribution in [0.15, 0.2) is 59.8 Å². The van der Waals surface area contributed by atoms with Crippen LogP contribution in [0, 0.1) is 0 Å². The first-order valence-corrected chi connectivity index (χ1v) is 8.87. The lowest BCUT2D eigenvalue weighted by molar-refractivity contribution is -0.137. The monoisotopic (exact) mass is 441 g/mol. The van der Waals surface area contributed by atoms with Crippen LogP contribution in [0.3, 0.4) is 0 Å². The van der Waals surface area contributed by atoms with Crippen molar-refractivity contribution >= 4 is 17.6 Å². The van der Waals surface area contributed by atoms with Gasteiger partial charge in [0.15, 0.2) is 0 Å². The highest BCUT2D eigenvalue weighted by Crippen LogP contribution is 2.37. The van der Waals surface area contributed by atoms with Gasteiger partial charge in [-0.05, 0) is 25.1 Å². The smallest absolute Gasteiger partial charge is 0.418 e. The topological polar surface area (TPSA) is 79.5 Å². The van der Waals surface area contributed by atoms with E-state index in [1.54, 1.807) is 0 Å². The highest BCUT2D eigenvalue weighted by Gasteiger charge is 2.36. The third-order valence-corrected chi connectivity index (χ3v) is 4.44. The van der Waals surface area contributed by atoms with Crippen molar-refractivity contribution in [2.45, 2.75) is 25.8 Å². The van der Waals surface area contributed by atoms with Gasteiger partial charge < -0.3 is 20.7 Å². The van der Waals surface area contributed by atoms with Gasteiger partial charge in [-0.25, -0.2) is 4.79 Å². The molecule has 3 rings (SSSR count). The van der Waals surface area contributed by atoms with E-state index in [0.717, 1.165) is 12.1 Å². The lowest BCUT2D eigenvalue weighted by Crippen LogP contribution is -2.46. The first-order valence-electron chi connectivity index (χ1n) is 8.87. The van der Waals surface area contributed by atoms with E-state index in [9.17, 15) is 31.5 Å². The van der Waals surface area contributed by atoms with Crippen molar-refractivity contribution in [3.05, 3.63) is 70.9 Å². The van der Waals surface area contributed by atoms with Gasteiger partial charge in [0.25, 0.3) is 5.91 Å². The van der Waals surface area contributed by atoms with Gasteiger partial charge >= 0.3 is 18.8 Å². The van der Waals surface area contributed by atoms with Crippen molar-refractivity contribution < 1.29 is 36.3 Å². The molecule has 2 aromatic carbocycles. The van der Waals surface area contributed by atoms with Crippen LogP contribution in [0.25, 0.3) is 0 Å². The third-order valence-electron chi connectivity index (χ3n) is 4.44. The van der Waals surface area contributed by atoms with Crippen LogP contribution >= 0.6 is 0 Å². The van der Waals surface area contributed by atoms with E-state index in [0.29, 0.717) is 0 Å². The maximum atomic E-state index is 13.3.